The molecule has 3 aromatic rings. The lowest BCUT2D eigenvalue weighted by atomic mass is 10.0. The number of H-pyrrole nitrogens is 1. The van der Waals surface area contributed by atoms with Crippen LogP contribution in [-0.4, -0.2) is 23.6 Å². The molecular weight excluding hydrogens is 374 g/mol. The second-order valence-corrected chi connectivity index (χ2v) is 8.20. The maximum atomic E-state index is 12.6. The Labute approximate surface area is 165 Å². The van der Waals surface area contributed by atoms with Gasteiger partial charge in [0.1, 0.15) is 10.7 Å². The van der Waals surface area contributed by atoms with Crippen LogP contribution in [-0.2, 0) is 22.9 Å². The number of nitrogens with zero attached hydrogens (tertiary/aromatic N) is 2. The van der Waals surface area contributed by atoms with Gasteiger partial charge in [0.25, 0.3) is 10.0 Å². The number of benzene rings is 1. The van der Waals surface area contributed by atoms with E-state index in [0.29, 0.717) is 22.9 Å². The lowest BCUT2D eigenvalue weighted by Gasteiger charge is -2.15. The molecule has 3 rings (SSSR count). The summed E-state index contributed by atoms with van der Waals surface area (Å²) in [6, 6.07) is 9.71. The monoisotopic (exact) mass is 399 g/mol. The van der Waals surface area contributed by atoms with Gasteiger partial charge in [-0.05, 0) is 49.9 Å². The first kappa shape index (κ1) is 19.9. The Hall–Kier alpha value is -2.87. The number of nitrogens with one attached hydrogen (secondary N) is 3. The number of aromatic amines is 1. The number of hydrogen-bond acceptors (Lipinski definition) is 5. The van der Waals surface area contributed by atoms with Crippen molar-refractivity contribution in [2.75, 3.05) is 10.0 Å². The number of sulfonamides is 1. The number of para-hydroxylation sites is 1. The van der Waals surface area contributed by atoms with Gasteiger partial charge in [0, 0.05) is 5.69 Å². The van der Waals surface area contributed by atoms with E-state index in [0.717, 1.165) is 18.5 Å². The van der Waals surface area contributed by atoms with Gasteiger partial charge in [-0.15, -0.1) is 0 Å². The van der Waals surface area contributed by atoms with Crippen molar-refractivity contribution in [2.24, 2.45) is 0 Å². The minimum absolute atomic E-state index is 0.166. The summed E-state index contributed by atoms with van der Waals surface area (Å²) in [5.74, 6) is 0.661. The lowest BCUT2D eigenvalue weighted by molar-refractivity contribution is 0.600. The fourth-order valence-corrected chi connectivity index (χ4v) is 4.62. The first-order chi connectivity index (χ1) is 13.4. The predicted octanol–water partition coefficient (Wildman–Crippen LogP) is 4.09. The number of aryl methyl sites for hydroxylation is 4. The van der Waals surface area contributed by atoms with E-state index in [1.54, 1.807) is 26.0 Å². The third kappa shape index (κ3) is 4.01. The van der Waals surface area contributed by atoms with Crippen LogP contribution in [0.2, 0.25) is 0 Å². The number of pyridine rings is 1. The highest BCUT2D eigenvalue weighted by molar-refractivity contribution is 7.92. The van der Waals surface area contributed by atoms with E-state index >= 15 is 0 Å². The van der Waals surface area contributed by atoms with E-state index in [-0.39, 0.29) is 4.90 Å². The van der Waals surface area contributed by atoms with Crippen molar-refractivity contribution in [1.29, 1.82) is 0 Å². The Balaban J connectivity index is 1.82. The first-order valence-electron chi connectivity index (χ1n) is 9.24. The Kier molecular flexibility index (Phi) is 5.69. The molecule has 0 fully saturated rings. The van der Waals surface area contributed by atoms with E-state index in [9.17, 15) is 8.42 Å². The molecule has 0 radical (unpaired) electrons. The second kappa shape index (κ2) is 8.02. The van der Waals surface area contributed by atoms with Crippen LogP contribution >= 0.6 is 0 Å². The minimum atomic E-state index is -3.73. The molecule has 2 heterocycles. The first-order valence-corrected chi connectivity index (χ1v) is 10.7. The van der Waals surface area contributed by atoms with E-state index in [1.807, 2.05) is 0 Å². The molecule has 0 unspecified atom stereocenters. The maximum absolute atomic E-state index is 12.6. The molecule has 1 aromatic carbocycles. The topological polar surface area (TPSA) is 99.8 Å². The zero-order valence-corrected chi connectivity index (χ0v) is 17.3. The summed E-state index contributed by atoms with van der Waals surface area (Å²) in [6.45, 7) is 7.56. The van der Waals surface area contributed by atoms with Crippen LogP contribution in [0.15, 0.2) is 41.4 Å². The van der Waals surface area contributed by atoms with Crippen LogP contribution in [0.3, 0.4) is 0 Å². The summed E-state index contributed by atoms with van der Waals surface area (Å²) in [6.07, 6.45) is 3.33. The molecule has 0 spiro atoms. The predicted molar refractivity (Wildman–Crippen MR) is 112 cm³/mol. The SMILES string of the molecule is CCc1cccc(CC)c1Nc1ccc(NS(=O)(=O)c2c(C)n[nH]c2C)cn1. The Bertz CT molecular complexity index is 1030. The van der Waals surface area contributed by atoms with Gasteiger partial charge in [-0.2, -0.15) is 5.10 Å². The largest absolute Gasteiger partial charge is 0.340 e. The smallest absolute Gasteiger partial charge is 0.265 e. The van der Waals surface area contributed by atoms with Gasteiger partial charge in [-0.3, -0.25) is 9.82 Å². The van der Waals surface area contributed by atoms with Crippen molar-refractivity contribution >= 4 is 27.2 Å². The molecule has 0 aliphatic rings. The van der Waals surface area contributed by atoms with Gasteiger partial charge < -0.3 is 5.32 Å². The van der Waals surface area contributed by atoms with Gasteiger partial charge in [0.05, 0.1) is 23.3 Å². The third-order valence-corrected chi connectivity index (χ3v) is 6.24. The van der Waals surface area contributed by atoms with Crippen molar-refractivity contribution in [3.63, 3.8) is 0 Å². The zero-order chi connectivity index (χ0) is 20.3. The second-order valence-electron chi connectivity index (χ2n) is 6.58. The molecule has 0 aliphatic heterocycles. The van der Waals surface area contributed by atoms with E-state index in [2.05, 4.69) is 57.3 Å². The van der Waals surface area contributed by atoms with Gasteiger partial charge in [-0.1, -0.05) is 32.0 Å². The number of hydrogen-bond donors (Lipinski definition) is 3. The van der Waals surface area contributed by atoms with Crippen molar-refractivity contribution in [1.82, 2.24) is 15.2 Å². The molecule has 28 heavy (non-hydrogen) atoms. The molecule has 0 saturated heterocycles. The average Bonchev–Trinajstić information content (AvgIpc) is 3.02. The maximum Gasteiger partial charge on any atom is 0.265 e. The summed E-state index contributed by atoms with van der Waals surface area (Å²) >= 11 is 0. The molecule has 7 nitrogen and oxygen atoms in total. The summed E-state index contributed by atoms with van der Waals surface area (Å²) in [5, 5.41) is 10.0. The molecule has 3 N–H and O–H groups in total. The molecular formula is C20H25N5O2S. The van der Waals surface area contributed by atoms with E-state index < -0.39 is 10.0 Å². The van der Waals surface area contributed by atoms with Crippen LogP contribution in [0.4, 0.5) is 17.2 Å². The summed E-state index contributed by atoms with van der Waals surface area (Å²) in [7, 11) is -3.73. The summed E-state index contributed by atoms with van der Waals surface area (Å²) in [4.78, 5) is 4.54. The van der Waals surface area contributed by atoms with Crippen molar-refractivity contribution in [3.05, 3.63) is 59.0 Å². The summed E-state index contributed by atoms with van der Waals surface area (Å²) in [5.41, 5.74) is 4.83. The highest BCUT2D eigenvalue weighted by Gasteiger charge is 2.22. The average molecular weight is 400 g/mol. The van der Waals surface area contributed by atoms with Gasteiger partial charge in [0.2, 0.25) is 0 Å². The van der Waals surface area contributed by atoms with Crippen LogP contribution in [0.5, 0.6) is 0 Å². The fraction of sp³-hybridized carbons (Fsp3) is 0.300. The van der Waals surface area contributed by atoms with E-state index in [1.165, 1.54) is 17.3 Å². The number of aromatic nitrogens is 3. The van der Waals surface area contributed by atoms with Crippen molar-refractivity contribution in [2.45, 2.75) is 45.4 Å². The molecule has 2 aromatic heterocycles. The van der Waals surface area contributed by atoms with Crippen molar-refractivity contribution < 1.29 is 8.42 Å². The number of anilines is 3. The quantitative estimate of drug-likeness (QED) is 0.556. The van der Waals surface area contributed by atoms with Crippen LogP contribution in [0.25, 0.3) is 0 Å². The normalized spacial score (nSPS) is 11.4. The van der Waals surface area contributed by atoms with E-state index in [4.69, 9.17) is 0 Å². The minimum Gasteiger partial charge on any atom is -0.340 e. The highest BCUT2D eigenvalue weighted by atomic mass is 32.2. The van der Waals surface area contributed by atoms with Crippen molar-refractivity contribution in [3.8, 4) is 0 Å². The fourth-order valence-electron chi connectivity index (χ4n) is 3.20. The van der Waals surface area contributed by atoms with Gasteiger partial charge in [-0.25, -0.2) is 13.4 Å². The number of rotatable bonds is 7. The van der Waals surface area contributed by atoms with Gasteiger partial charge >= 0.3 is 0 Å². The van der Waals surface area contributed by atoms with Gasteiger partial charge in [0.15, 0.2) is 0 Å². The molecule has 148 valence electrons. The zero-order valence-electron chi connectivity index (χ0n) is 16.5. The Morgan fingerprint density at radius 1 is 1.04 bits per heavy atom. The molecule has 0 saturated carbocycles. The van der Waals surface area contributed by atoms with Crippen LogP contribution in [0, 0.1) is 13.8 Å². The molecule has 0 amide bonds. The Morgan fingerprint density at radius 3 is 2.21 bits per heavy atom. The third-order valence-electron chi connectivity index (χ3n) is 4.60. The summed E-state index contributed by atoms with van der Waals surface area (Å²) < 4.78 is 27.8. The van der Waals surface area contributed by atoms with Crippen LogP contribution < -0.4 is 10.0 Å². The standard InChI is InChI=1S/C20H25N5O2S/c1-5-15-8-7-9-16(6-2)19(15)22-18-11-10-17(12-21-18)25-28(26,27)20-13(3)23-24-14(20)4/h7-12,25H,5-6H2,1-4H3,(H,21,22)(H,23,24). The Morgan fingerprint density at radius 2 is 1.71 bits per heavy atom. The molecule has 8 heteroatoms. The molecule has 0 atom stereocenters. The highest BCUT2D eigenvalue weighted by Crippen LogP contribution is 2.27. The molecule has 0 aliphatic carbocycles. The van der Waals surface area contributed by atoms with Crippen LogP contribution in [0.1, 0.15) is 36.4 Å². The molecule has 0 bridgehead atoms. The lowest BCUT2D eigenvalue weighted by Crippen LogP contribution is -2.14.